The third kappa shape index (κ3) is 2.38. The van der Waals surface area contributed by atoms with Crippen LogP contribution in [0.2, 0.25) is 0 Å². The van der Waals surface area contributed by atoms with Crippen molar-refractivity contribution in [1.29, 1.82) is 0 Å². The maximum atomic E-state index is 4.62. The van der Waals surface area contributed by atoms with Gasteiger partial charge in [-0.1, -0.05) is 0 Å². The van der Waals surface area contributed by atoms with Gasteiger partial charge in [0.15, 0.2) is 0 Å². The van der Waals surface area contributed by atoms with Crippen molar-refractivity contribution >= 4 is 5.95 Å². The van der Waals surface area contributed by atoms with Crippen molar-refractivity contribution in [3.8, 4) is 0 Å². The standard InChI is InChI=1S/C15H26N4/c1-4-18(15-16-7-8-19(15)11(2)3)14-9-12-5-6-13(10-14)17-12/h7-8,11-14,17H,4-6,9-10H2,1-3H3. The van der Waals surface area contributed by atoms with Crippen LogP contribution in [0.15, 0.2) is 12.4 Å². The van der Waals surface area contributed by atoms with E-state index in [1.54, 1.807) is 0 Å². The highest BCUT2D eigenvalue weighted by Crippen LogP contribution is 2.32. The molecule has 0 radical (unpaired) electrons. The number of anilines is 1. The van der Waals surface area contributed by atoms with Gasteiger partial charge in [0, 0.05) is 43.1 Å². The number of nitrogens with one attached hydrogen (secondary N) is 1. The van der Waals surface area contributed by atoms with Gasteiger partial charge in [0.25, 0.3) is 0 Å². The molecule has 0 amide bonds. The van der Waals surface area contributed by atoms with E-state index >= 15 is 0 Å². The summed E-state index contributed by atoms with van der Waals surface area (Å²) in [6, 6.07) is 2.61. The smallest absolute Gasteiger partial charge is 0.205 e. The molecule has 0 aliphatic carbocycles. The van der Waals surface area contributed by atoms with Gasteiger partial charge >= 0.3 is 0 Å². The predicted octanol–water partition coefficient (Wildman–Crippen LogP) is 2.57. The molecule has 2 bridgehead atoms. The van der Waals surface area contributed by atoms with E-state index in [4.69, 9.17) is 0 Å². The number of nitrogens with zero attached hydrogens (tertiary/aromatic N) is 3. The Labute approximate surface area is 116 Å². The van der Waals surface area contributed by atoms with Gasteiger partial charge in [-0.2, -0.15) is 0 Å². The maximum Gasteiger partial charge on any atom is 0.205 e. The molecule has 19 heavy (non-hydrogen) atoms. The fraction of sp³-hybridized carbons (Fsp3) is 0.800. The molecule has 2 atom stereocenters. The third-order valence-electron chi connectivity index (χ3n) is 4.69. The molecule has 1 aromatic heterocycles. The minimum atomic E-state index is 0.477. The lowest BCUT2D eigenvalue weighted by molar-refractivity contribution is 0.344. The topological polar surface area (TPSA) is 33.1 Å². The van der Waals surface area contributed by atoms with Crippen molar-refractivity contribution in [3.05, 3.63) is 12.4 Å². The Bertz CT molecular complexity index is 414. The molecule has 2 fully saturated rings. The normalized spacial score (nSPS) is 30.0. The van der Waals surface area contributed by atoms with E-state index in [9.17, 15) is 0 Å². The first kappa shape index (κ1) is 13.0. The molecule has 0 saturated carbocycles. The summed E-state index contributed by atoms with van der Waals surface area (Å²) in [5.74, 6) is 1.16. The first-order valence-corrected chi connectivity index (χ1v) is 7.74. The second kappa shape index (κ2) is 5.16. The Kier molecular flexibility index (Phi) is 3.52. The molecule has 2 saturated heterocycles. The second-order valence-electron chi connectivity index (χ2n) is 6.28. The van der Waals surface area contributed by atoms with Gasteiger partial charge in [0.1, 0.15) is 0 Å². The minimum Gasteiger partial charge on any atom is -0.339 e. The summed E-state index contributed by atoms with van der Waals surface area (Å²) in [6.45, 7) is 7.76. The quantitative estimate of drug-likeness (QED) is 0.905. The van der Waals surface area contributed by atoms with Crippen LogP contribution >= 0.6 is 0 Å². The molecule has 1 N–H and O–H groups in total. The highest BCUT2D eigenvalue weighted by atomic mass is 15.3. The van der Waals surface area contributed by atoms with Crippen LogP contribution in [-0.2, 0) is 0 Å². The van der Waals surface area contributed by atoms with Gasteiger partial charge in [-0.25, -0.2) is 4.98 Å². The van der Waals surface area contributed by atoms with E-state index in [1.807, 2.05) is 6.20 Å². The lowest BCUT2D eigenvalue weighted by Crippen LogP contribution is -2.49. The first-order chi connectivity index (χ1) is 9.19. The van der Waals surface area contributed by atoms with Gasteiger partial charge in [0.2, 0.25) is 5.95 Å². The second-order valence-corrected chi connectivity index (χ2v) is 6.28. The van der Waals surface area contributed by atoms with Crippen LogP contribution in [0.4, 0.5) is 5.95 Å². The molecule has 0 aromatic carbocycles. The molecule has 0 spiro atoms. The summed E-state index contributed by atoms with van der Waals surface area (Å²) in [4.78, 5) is 7.14. The van der Waals surface area contributed by atoms with E-state index in [-0.39, 0.29) is 0 Å². The van der Waals surface area contributed by atoms with E-state index in [0.29, 0.717) is 12.1 Å². The Balaban J connectivity index is 1.82. The molecule has 1 aromatic rings. The molecule has 106 valence electrons. The maximum absolute atomic E-state index is 4.62. The zero-order valence-corrected chi connectivity index (χ0v) is 12.3. The number of piperidine rings is 1. The average molecular weight is 262 g/mol. The van der Waals surface area contributed by atoms with E-state index in [0.717, 1.165) is 24.6 Å². The molecule has 2 aliphatic heterocycles. The van der Waals surface area contributed by atoms with Crippen molar-refractivity contribution in [2.75, 3.05) is 11.4 Å². The molecular weight excluding hydrogens is 236 g/mol. The summed E-state index contributed by atoms with van der Waals surface area (Å²) < 4.78 is 2.30. The highest BCUT2D eigenvalue weighted by molar-refractivity contribution is 5.34. The summed E-state index contributed by atoms with van der Waals surface area (Å²) in [5, 5.41) is 3.73. The summed E-state index contributed by atoms with van der Waals surface area (Å²) >= 11 is 0. The van der Waals surface area contributed by atoms with E-state index < -0.39 is 0 Å². The molecule has 3 heterocycles. The Morgan fingerprint density at radius 3 is 2.63 bits per heavy atom. The number of rotatable bonds is 4. The van der Waals surface area contributed by atoms with E-state index in [1.165, 1.54) is 25.7 Å². The Morgan fingerprint density at radius 2 is 2.05 bits per heavy atom. The number of imidazole rings is 1. The van der Waals surface area contributed by atoms with Crippen molar-refractivity contribution in [2.45, 2.75) is 70.6 Å². The van der Waals surface area contributed by atoms with Crippen molar-refractivity contribution in [3.63, 3.8) is 0 Å². The summed E-state index contributed by atoms with van der Waals surface area (Å²) in [6.07, 6.45) is 9.31. The van der Waals surface area contributed by atoms with Crippen LogP contribution in [0.3, 0.4) is 0 Å². The highest BCUT2D eigenvalue weighted by Gasteiger charge is 2.36. The van der Waals surface area contributed by atoms with Gasteiger partial charge in [-0.3, -0.25) is 0 Å². The summed E-state index contributed by atoms with van der Waals surface area (Å²) in [5.41, 5.74) is 0. The molecule has 2 aliphatic rings. The van der Waals surface area contributed by atoms with Crippen LogP contribution in [0.5, 0.6) is 0 Å². The van der Waals surface area contributed by atoms with Gasteiger partial charge in [0.05, 0.1) is 0 Å². The Morgan fingerprint density at radius 1 is 1.37 bits per heavy atom. The monoisotopic (exact) mass is 262 g/mol. The fourth-order valence-corrected chi connectivity index (χ4v) is 3.78. The zero-order chi connectivity index (χ0) is 13.4. The molecule has 4 nitrogen and oxygen atoms in total. The number of aromatic nitrogens is 2. The number of hydrogen-bond acceptors (Lipinski definition) is 3. The van der Waals surface area contributed by atoms with Gasteiger partial charge in [-0.05, 0) is 46.5 Å². The minimum absolute atomic E-state index is 0.477. The van der Waals surface area contributed by atoms with Crippen LogP contribution in [0.1, 0.15) is 52.5 Å². The first-order valence-electron chi connectivity index (χ1n) is 7.74. The predicted molar refractivity (Wildman–Crippen MR) is 78.6 cm³/mol. The van der Waals surface area contributed by atoms with E-state index in [2.05, 4.69) is 46.7 Å². The average Bonchev–Trinajstić information content (AvgIpc) is 2.98. The lowest BCUT2D eigenvalue weighted by atomic mass is 9.98. The largest absolute Gasteiger partial charge is 0.339 e. The van der Waals surface area contributed by atoms with Gasteiger partial charge in [-0.15, -0.1) is 0 Å². The molecule has 4 heteroatoms. The van der Waals surface area contributed by atoms with Crippen LogP contribution in [-0.4, -0.2) is 34.2 Å². The number of fused-ring (bicyclic) bond motifs is 2. The molecular formula is C15H26N4. The van der Waals surface area contributed by atoms with Crippen LogP contribution in [0, 0.1) is 0 Å². The third-order valence-corrected chi connectivity index (χ3v) is 4.69. The molecule has 2 unspecified atom stereocenters. The molecule has 3 rings (SSSR count). The zero-order valence-electron chi connectivity index (χ0n) is 12.3. The van der Waals surface area contributed by atoms with Crippen molar-refractivity contribution in [2.24, 2.45) is 0 Å². The van der Waals surface area contributed by atoms with Crippen molar-refractivity contribution < 1.29 is 0 Å². The Hall–Kier alpha value is -1.03. The van der Waals surface area contributed by atoms with Crippen molar-refractivity contribution in [1.82, 2.24) is 14.9 Å². The number of hydrogen-bond donors (Lipinski definition) is 1. The SMILES string of the molecule is CCN(c1nccn1C(C)C)C1CC2CCC(C1)N2. The van der Waals surface area contributed by atoms with Gasteiger partial charge < -0.3 is 14.8 Å². The van der Waals surface area contributed by atoms with Crippen LogP contribution in [0.25, 0.3) is 0 Å². The lowest BCUT2D eigenvalue weighted by Gasteiger charge is -2.38. The fourth-order valence-electron chi connectivity index (χ4n) is 3.78. The van der Waals surface area contributed by atoms with Crippen LogP contribution < -0.4 is 10.2 Å². The summed E-state index contributed by atoms with van der Waals surface area (Å²) in [7, 11) is 0.